The van der Waals surface area contributed by atoms with Crippen LogP contribution in [0.25, 0.3) is 11.1 Å². The van der Waals surface area contributed by atoms with E-state index < -0.39 is 6.09 Å². The molecule has 25 heavy (non-hydrogen) atoms. The number of nitrogens with zero attached hydrogens (tertiary/aromatic N) is 3. The Labute approximate surface area is 145 Å². The predicted octanol–water partition coefficient (Wildman–Crippen LogP) is 1.58. The van der Waals surface area contributed by atoms with Gasteiger partial charge in [0.2, 0.25) is 0 Å². The van der Waals surface area contributed by atoms with Crippen LogP contribution in [0.1, 0.15) is 16.8 Å². The van der Waals surface area contributed by atoms with Crippen LogP contribution >= 0.6 is 0 Å². The number of likely N-dealkylation sites (tertiary alicyclic amines) is 1. The van der Waals surface area contributed by atoms with Gasteiger partial charge in [-0.05, 0) is 24.6 Å². The summed E-state index contributed by atoms with van der Waals surface area (Å²) >= 11 is 0. The van der Waals surface area contributed by atoms with E-state index in [2.05, 4.69) is 10.4 Å². The molecule has 0 unspecified atom stereocenters. The van der Waals surface area contributed by atoms with E-state index >= 15 is 0 Å². The quantitative estimate of drug-likeness (QED) is 0.878. The number of hydrogen-bond acceptors (Lipinski definition) is 4. The summed E-state index contributed by atoms with van der Waals surface area (Å²) in [7, 11) is 3.39. The standard InChI is InChI=1S/C17H20N4O4/c1-20-9-12(8-18-20)14-4-3-11(7-15(14)25-2)16(22)19-13-5-6-21(10-13)17(23)24/h3-4,7-9,13H,5-6,10H2,1-2H3,(H,19,22)(H,23,24)/t13-/m1/s1. The topological polar surface area (TPSA) is 96.7 Å². The maximum absolute atomic E-state index is 12.4. The number of benzene rings is 1. The Hall–Kier alpha value is -3.03. The highest BCUT2D eigenvalue weighted by molar-refractivity contribution is 5.95. The summed E-state index contributed by atoms with van der Waals surface area (Å²) in [5.41, 5.74) is 2.22. The number of nitrogens with one attached hydrogen (secondary N) is 1. The Morgan fingerprint density at radius 2 is 2.20 bits per heavy atom. The number of amides is 2. The maximum Gasteiger partial charge on any atom is 0.407 e. The molecule has 1 atom stereocenters. The molecule has 1 fully saturated rings. The third-order valence-electron chi connectivity index (χ3n) is 4.27. The van der Waals surface area contributed by atoms with Crippen molar-refractivity contribution in [2.45, 2.75) is 12.5 Å². The Morgan fingerprint density at radius 1 is 1.40 bits per heavy atom. The summed E-state index contributed by atoms with van der Waals surface area (Å²) in [5, 5.41) is 16.0. The molecule has 1 aliphatic heterocycles. The lowest BCUT2D eigenvalue weighted by Crippen LogP contribution is -2.38. The van der Waals surface area contributed by atoms with Crippen LogP contribution in [-0.4, -0.2) is 58.0 Å². The fraction of sp³-hybridized carbons (Fsp3) is 0.353. The third-order valence-corrected chi connectivity index (χ3v) is 4.27. The average Bonchev–Trinajstić information content (AvgIpc) is 3.23. The molecule has 1 aromatic heterocycles. The average molecular weight is 344 g/mol. The summed E-state index contributed by atoms with van der Waals surface area (Å²) in [4.78, 5) is 24.7. The number of carbonyl (C=O) groups is 2. The highest BCUT2D eigenvalue weighted by Gasteiger charge is 2.27. The van der Waals surface area contributed by atoms with Crippen LogP contribution in [0.3, 0.4) is 0 Å². The summed E-state index contributed by atoms with van der Waals surface area (Å²) in [6, 6.07) is 5.06. The summed E-state index contributed by atoms with van der Waals surface area (Å²) < 4.78 is 7.11. The molecule has 3 rings (SSSR count). The number of carbonyl (C=O) groups excluding carboxylic acids is 1. The van der Waals surface area contributed by atoms with Gasteiger partial charge in [0.25, 0.3) is 5.91 Å². The molecule has 0 spiro atoms. The SMILES string of the molecule is COc1cc(C(=O)N[C@@H]2CCN(C(=O)O)C2)ccc1-c1cnn(C)c1. The van der Waals surface area contributed by atoms with E-state index in [9.17, 15) is 9.59 Å². The van der Waals surface area contributed by atoms with Gasteiger partial charge in [0.15, 0.2) is 0 Å². The second-order valence-corrected chi connectivity index (χ2v) is 6.01. The maximum atomic E-state index is 12.4. The first-order valence-corrected chi connectivity index (χ1v) is 7.93. The first kappa shape index (κ1) is 16.8. The third kappa shape index (κ3) is 3.57. The molecule has 8 heteroatoms. The van der Waals surface area contributed by atoms with Crippen molar-refractivity contribution in [3.63, 3.8) is 0 Å². The lowest BCUT2D eigenvalue weighted by atomic mass is 10.0. The van der Waals surface area contributed by atoms with Crippen LogP contribution in [0, 0.1) is 0 Å². The van der Waals surface area contributed by atoms with Crippen molar-refractivity contribution in [1.82, 2.24) is 20.0 Å². The molecule has 2 N–H and O–H groups in total. The number of rotatable bonds is 4. The van der Waals surface area contributed by atoms with Crippen LogP contribution in [-0.2, 0) is 7.05 Å². The van der Waals surface area contributed by atoms with Gasteiger partial charge in [-0.3, -0.25) is 9.48 Å². The molecule has 8 nitrogen and oxygen atoms in total. The molecule has 2 heterocycles. The van der Waals surface area contributed by atoms with Crippen molar-refractivity contribution in [3.8, 4) is 16.9 Å². The summed E-state index contributed by atoms with van der Waals surface area (Å²) in [6.45, 7) is 0.746. The van der Waals surface area contributed by atoms with Gasteiger partial charge in [0.05, 0.1) is 13.3 Å². The van der Waals surface area contributed by atoms with E-state index in [-0.39, 0.29) is 11.9 Å². The van der Waals surface area contributed by atoms with E-state index in [1.807, 2.05) is 19.3 Å². The van der Waals surface area contributed by atoms with Crippen molar-refractivity contribution in [2.75, 3.05) is 20.2 Å². The molecule has 1 aliphatic rings. The molecule has 0 radical (unpaired) electrons. The number of aryl methyl sites for hydroxylation is 1. The van der Waals surface area contributed by atoms with Gasteiger partial charge in [-0.1, -0.05) is 0 Å². The van der Waals surface area contributed by atoms with Gasteiger partial charge in [0, 0.05) is 49.1 Å². The largest absolute Gasteiger partial charge is 0.496 e. The first-order chi connectivity index (χ1) is 12.0. The van der Waals surface area contributed by atoms with E-state index in [1.54, 1.807) is 30.1 Å². The van der Waals surface area contributed by atoms with Gasteiger partial charge in [-0.15, -0.1) is 0 Å². The Kier molecular flexibility index (Phi) is 4.60. The minimum Gasteiger partial charge on any atom is -0.496 e. The van der Waals surface area contributed by atoms with Gasteiger partial charge in [0.1, 0.15) is 5.75 Å². The molecule has 2 aromatic rings. The van der Waals surface area contributed by atoms with Crippen LogP contribution < -0.4 is 10.1 Å². The molecular formula is C17H20N4O4. The number of ether oxygens (including phenoxy) is 1. The van der Waals surface area contributed by atoms with Crippen molar-refractivity contribution >= 4 is 12.0 Å². The van der Waals surface area contributed by atoms with Crippen LogP contribution in [0.5, 0.6) is 5.75 Å². The molecular weight excluding hydrogens is 324 g/mol. The van der Waals surface area contributed by atoms with Crippen molar-refractivity contribution in [1.29, 1.82) is 0 Å². The zero-order valence-corrected chi connectivity index (χ0v) is 14.1. The fourth-order valence-corrected chi connectivity index (χ4v) is 2.95. The van der Waals surface area contributed by atoms with E-state index in [0.29, 0.717) is 30.8 Å². The fourth-order valence-electron chi connectivity index (χ4n) is 2.95. The highest BCUT2D eigenvalue weighted by Crippen LogP contribution is 2.30. The van der Waals surface area contributed by atoms with Crippen molar-refractivity contribution < 1.29 is 19.4 Å². The number of methoxy groups -OCH3 is 1. The molecule has 1 aromatic carbocycles. The lowest BCUT2D eigenvalue weighted by Gasteiger charge is -2.15. The Balaban J connectivity index is 1.74. The molecule has 0 aliphatic carbocycles. The summed E-state index contributed by atoms with van der Waals surface area (Å²) in [5.74, 6) is 0.340. The van der Waals surface area contributed by atoms with Gasteiger partial charge < -0.3 is 20.1 Å². The summed E-state index contributed by atoms with van der Waals surface area (Å²) in [6.07, 6.45) is 3.26. The first-order valence-electron chi connectivity index (χ1n) is 7.93. The molecule has 2 amide bonds. The zero-order valence-electron chi connectivity index (χ0n) is 14.1. The smallest absolute Gasteiger partial charge is 0.407 e. The number of carboxylic acid groups (broad SMARTS) is 1. The molecule has 0 bridgehead atoms. The monoisotopic (exact) mass is 344 g/mol. The lowest BCUT2D eigenvalue weighted by molar-refractivity contribution is 0.0935. The van der Waals surface area contributed by atoms with Gasteiger partial charge in [-0.2, -0.15) is 5.10 Å². The van der Waals surface area contributed by atoms with Crippen LogP contribution in [0.15, 0.2) is 30.6 Å². The molecule has 132 valence electrons. The normalized spacial score (nSPS) is 16.7. The minimum absolute atomic E-state index is 0.174. The zero-order chi connectivity index (χ0) is 18.0. The van der Waals surface area contributed by atoms with Crippen molar-refractivity contribution in [3.05, 3.63) is 36.2 Å². The molecule has 0 saturated carbocycles. The van der Waals surface area contributed by atoms with Crippen LogP contribution in [0.4, 0.5) is 4.79 Å². The number of aromatic nitrogens is 2. The predicted molar refractivity (Wildman–Crippen MR) is 90.7 cm³/mol. The van der Waals surface area contributed by atoms with E-state index in [1.165, 1.54) is 4.90 Å². The second-order valence-electron chi connectivity index (χ2n) is 6.01. The van der Waals surface area contributed by atoms with E-state index in [4.69, 9.17) is 9.84 Å². The van der Waals surface area contributed by atoms with Crippen molar-refractivity contribution in [2.24, 2.45) is 7.05 Å². The molecule has 1 saturated heterocycles. The van der Waals surface area contributed by atoms with Gasteiger partial charge in [-0.25, -0.2) is 4.79 Å². The number of hydrogen-bond donors (Lipinski definition) is 2. The van der Waals surface area contributed by atoms with Gasteiger partial charge >= 0.3 is 6.09 Å². The van der Waals surface area contributed by atoms with Crippen LogP contribution in [0.2, 0.25) is 0 Å². The second kappa shape index (κ2) is 6.84. The Morgan fingerprint density at radius 3 is 2.80 bits per heavy atom. The Bertz CT molecular complexity index is 802. The highest BCUT2D eigenvalue weighted by atomic mass is 16.5. The minimum atomic E-state index is -0.959. The van der Waals surface area contributed by atoms with E-state index in [0.717, 1.165) is 11.1 Å².